The van der Waals surface area contributed by atoms with Gasteiger partial charge in [0.25, 0.3) is 0 Å². The topological polar surface area (TPSA) is 48.0 Å². The fourth-order valence-electron chi connectivity index (χ4n) is 2.70. The lowest BCUT2D eigenvalue weighted by atomic mass is 9.95. The summed E-state index contributed by atoms with van der Waals surface area (Å²) in [4.78, 5) is 11.8. The zero-order valence-electron chi connectivity index (χ0n) is 10.2. The van der Waals surface area contributed by atoms with E-state index in [1.165, 1.54) is 19.3 Å². The third kappa shape index (κ3) is 1.98. The second-order valence-electron chi connectivity index (χ2n) is 4.80. The van der Waals surface area contributed by atoms with Gasteiger partial charge in [-0.2, -0.15) is 0 Å². The van der Waals surface area contributed by atoms with Crippen molar-refractivity contribution in [3.05, 3.63) is 40.9 Å². The van der Waals surface area contributed by atoms with Crippen LogP contribution in [0.1, 0.15) is 38.1 Å². The van der Waals surface area contributed by atoms with Gasteiger partial charge < -0.3 is 0 Å². The van der Waals surface area contributed by atoms with Crippen LogP contribution in [0.25, 0.3) is 11.4 Å². The first-order chi connectivity index (χ1) is 8.86. The molecular weight excluding hydrogens is 228 g/mol. The molecule has 1 aliphatic rings. The molecule has 2 aromatic rings. The fraction of sp³-hybridized carbons (Fsp3) is 0.429. The van der Waals surface area contributed by atoms with Crippen LogP contribution in [0.4, 0.5) is 0 Å². The zero-order chi connectivity index (χ0) is 12.4. The number of nitrogens with zero attached hydrogens (tertiary/aromatic N) is 2. The molecule has 1 aromatic heterocycles. The lowest BCUT2D eigenvalue weighted by molar-refractivity contribution is 0.318. The first kappa shape index (κ1) is 11.3. The molecule has 4 heteroatoms. The third-order valence-electron chi connectivity index (χ3n) is 3.61. The minimum atomic E-state index is -0.333. The molecular formula is C14H16N2O2. The van der Waals surface area contributed by atoms with Gasteiger partial charge in [-0.25, -0.2) is 4.79 Å². The molecule has 1 fully saturated rings. The van der Waals surface area contributed by atoms with Gasteiger partial charge in [0.05, 0.1) is 0 Å². The van der Waals surface area contributed by atoms with Crippen molar-refractivity contribution >= 4 is 0 Å². The van der Waals surface area contributed by atoms with Gasteiger partial charge in [0, 0.05) is 11.6 Å². The molecule has 94 valence electrons. The number of benzene rings is 1. The minimum Gasteiger partial charge on any atom is -0.295 e. The summed E-state index contributed by atoms with van der Waals surface area (Å²) in [5.41, 5.74) is 0.939. The Morgan fingerprint density at radius 2 is 1.83 bits per heavy atom. The van der Waals surface area contributed by atoms with Gasteiger partial charge in [0.1, 0.15) is 0 Å². The second kappa shape index (κ2) is 4.80. The van der Waals surface area contributed by atoms with Gasteiger partial charge in [-0.15, -0.1) is 0 Å². The predicted molar refractivity (Wildman–Crippen MR) is 68.3 cm³/mol. The highest BCUT2D eigenvalue weighted by molar-refractivity contribution is 5.54. The first-order valence-electron chi connectivity index (χ1n) is 6.50. The molecule has 1 aromatic carbocycles. The van der Waals surface area contributed by atoms with Crippen molar-refractivity contribution in [3.63, 3.8) is 0 Å². The Labute approximate surface area is 105 Å². The maximum absolute atomic E-state index is 11.8. The van der Waals surface area contributed by atoms with Crippen LogP contribution >= 0.6 is 0 Å². The molecule has 3 rings (SSSR count). The maximum atomic E-state index is 11.8. The Bertz CT molecular complexity index is 565. The minimum absolute atomic E-state index is 0.243. The highest BCUT2D eigenvalue weighted by Crippen LogP contribution is 2.30. The smallest absolute Gasteiger partial charge is 0.295 e. The normalized spacial score (nSPS) is 16.9. The third-order valence-corrected chi connectivity index (χ3v) is 3.61. The van der Waals surface area contributed by atoms with Gasteiger partial charge in [-0.05, 0) is 12.8 Å². The van der Waals surface area contributed by atoms with E-state index >= 15 is 0 Å². The molecule has 0 N–H and O–H groups in total. The van der Waals surface area contributed by atoms with E-state index in [4.69, 9.17) is 4.52 Å². The Hall–Kier alpha value is -1.84. The summed E-state index contributed by atoms with van der Waals surface area (Å²) in [5, 5.41) is 3.94. The van der Waals surface area contributed by atoms with E-state index in [-0.39, 0.29) is 11.8 Å². The van der Waals surface area contributed by atoms with Gasteiger partial charge in [0.2, 0.25) is 0 Å². The molecule has 0 radical (unpaired) electrons. The standard InChI is InChI=1S/C14H16N2O2/c17-14-16(12-9-5-2-6-10-12)13(15-18-14)11-7-3-1-4-8-11/h1,3-4,7-8,12H,2,5-6,9-10H2. The molecule has 0 saturated heterocycles. The Balaban J connectivity index is 2.03. The summed E-state index contributed by atoms with van der Waals surface area (Å²) in [6.45, 7) is 0. The number of aromatic nitrogens is 2. The quantitative estimate of drug-likeness (QED) is 0.815. The Kier molecular flexibility index (Phi) is 3.00. The molecule has 18 heavy (non-hydrogen) atoms. The van der Waals surface area contributed by atoms with E-state index in [2.05, 4.69) is 5.16 Å². The second-order valence-corrected chi connectivity index (χ2v) is 4.80. The van der Waals surface area contributed by atoms with E-state index in [0.717, 1.165) is 18.4 Å². The van der Waals surface area contributed by atoms with Crippen molar-refractivity contribution in [3.8, 4) is 11.4 Å². The molecule has 4 nitrogen and oxygen atoms in total. The van der Waals surface area contributed by atoms with Gasteiger partial charge in [0.15, 0.2) is 5.82 Å². The van der Waals surface area contributed by atoms with Crippen molar-refractivity contribution in [2.24, 2.45) is 0 Å². The van der Waals surface area contributed by atoms with Crippen molar-refractivity contribution < 1.29 is 4.52 Å². The summed E-state index contributed by atoms with van der Waals surface area (Å²) >= 11 is 0. The Morgan fingerprint density at radius 3 is 2.56 bits per heavy atom. The van der Waals surface area contributed by atoms with Gasteiger partial charge >= 0.3 is 5.76 Å². The van der Waals surface area contributed by atoms with E-state index in [0.29, 0.717) is 5.82 Å². The van der Waals surface area contributed by atoms with E-state index < -0.39 is 0 Å². The van der Waals surface area contributed by atoms with Crippen LogP contribution in [-0.4, -0.2) is 9.72 Å². The van der Waals surface area contributed by atoms with Crippen LogP contribution in [0.15, 0.2) is 39.6 Å². The van der Waals surface area contributed by atoms with Crippen molar-refractivity contribution in [1.82, 2.24) is 9.72 Å². The van der Waals surface area contributed by atoms with Gasteiger partial charge in [-0.3, -0.25) is 9.09 Å². The summed E-state index contributed by atoms with van der Waals surface area (Å²) in [5.74, 6) is 0.327. The van der Waals surface area contributed by atoms with Crippen LogP contribution in [0.3, 0.4) is 0 Å². The first-order valence-corrected chi connectivity index (χ1v) is 6.50. The summed E-state index contributed by atoms with van der Waals surface area (Å²) in [6.07, 6.45) is 5.70. The maximum Gasteiger partial charge on any atom is 0.442 e. The molecule has 0 spiro atoms. The number of hydrogen-bond donors (Lipinski definition) is 0. The molecule has 0 amide bonds. The monoisotopic (exact) mass is 244 g/mol. The molecule has 0 bridgehead atoms. The van der Waals surface area contributed by atoms with Crippen LogP contribution in [-0.2, 0) is 0 Å². The largest absolute Gasteiger partial charge is 0.442 e. The highest BCUT2D eigenvalue weighted by atomic mass is 16.5. The summed E-state index contributed by atoms with van der Waals surface area (Å²) in [7, 11) is 0. The van der Waals surface area contributed by atoms with Crippen LogP contribution in [0, 0.1) is 0 Å². The highest BCUT2D eigenvalue weighted by Gasteiger charge is 2.22. The van der Waals surface area contributed by atoms with E-state index in [1.807, 2.05) is 30.3 Å². The molecule has 1 saturated carbocycles. The average molecular weight is 244 g/mol. The average Bonchev–Trinajstić information content (AvgIpc) is 2.83. The zero-order valence-corrected chi connectivity index (χ0v) is 10.2. The molecule has 0 unspecified atom stereocenters. The van der Waals surface area contributed by atoms with Crippen LogP contribution in [0.2, 0.25) is 0 Å². The summed E-state index contributed by atoms with van der Waals surface area (Å²) < 4.78 is 6.59. The van der Waals surface area contributed by atoms with E-state index in [9.17, 15) is 4.79 Å². The van der Waals surface area contributed by atoms with Crippen LogP contribution in [0.5, 0.6) is 0 Å². The fourth-order valence-corrected chi connectivity index (χ4v) is 2.70. The molecule has 1 aliphatic carbocycles. The molecule has 0 atom stereocenters. The number of rotatable bonds is 2. The predicted octanol–water partition coefficient (Wildman–Crippen LogP) is 3.01. The van der Waals surface area contributed by atoms with Gasteiger partial charge in [-0.1, -0.05) is 54.8 Å². The number of hydrogen-bond acceptors (Lipinski definition) is 3. The lowest BCUT2D eigenvalue weighted by Gasteiger charge is -2.22. The van der Waals surface area contributed by atoms with Crippen molar-refractivity contribution in [2.75, 3.05) is 0 Å². The van der Waals surface area contributed by atoms with Crippen molar-refractivity contribution in [1.29, 1.82) is 0 Å². The van der Waals surface area contributed by atoms with Crippen molar-refractivity contribution in [2.45, 2.75) is 38.1 Å². The Morgan fingerprint density at radius 1 is 1.11 bits per heavy atom. The lowest BCUT2D eigenvalue weighted by Crippen LogP contribution is -2.23. The SMILES string of the molecule is O=c1onc(-c2ccccc2)n1C1CCCCC1. The molecule has 0 aliphatic heterocycles. The summed E-state index contributed by atoms with van der Waals surface area (Å²) in [6, 6.07) is 9.99. The molecule has 1 heterocycles. The van der Waals surface area contributed by atoms with E-state index in [1.54, 1.807) is 4.57 Å². The van der Waals surface area contributed by atoms with Crippen LogP contribution < -0.4 is 5.76 Å².